The van der Waals surface area contributed by atoms with Crippen molar-refractivity contribution in [2.75, 3.05) is 11.9 Å². The zero-order chi connectivity index (χ0) is 15.3. The fraction of sp³-hybridized carbons (Fsp3) is 0.562. The van der Waals surface area contributed by atoms with Crippen molar-refractivity contribution >= 4 is 11.6 Å². The van der Waals surface area contributed by atoms with Gasteiger partial charge in [0.25, 0.3) is 0 Å². The number of phenols is 1. The van der Waals surface area contributed by atoms with Crippen LogP contribution in [-0.2, 0) is 9.53 Å². The number of benzene rings is 1. The molecule has 0 saturated carbocycles. The van der Waals surface area contributed by atoms with Gasteiger partial charge in [0.05, 0.1) is 6.10 Å². The number of amides is 1. The van der Waals surface area contributed by atoms with Crippen LogP contribution < -0.4 is 5.32 Å². The van der Waals surface area contributed by atoms with Crippen LogP contribution in [0.5, 0.6) is 5.75 Å². The summed E-state index contributed by atoms with van der Waals surface area (Å²) in [4.78, 5) is 11.9. The number of ether oxygens (including phenoxy) is 1. The van der Waals surface area contributed by atoms with Gasteiger partial charge in [-0.05, 0) is 49.4 Å². The summed E-state index contributed by atoms with van der Waals surface area (Å²) in [5.74, 6) is 0.294. The number of carbonyl (C=O) groups excluding carboxylic acids is 1. The van der Waals surface area contributed by atoms with Gasteiger partial charge in [-0.1, -0.05) is 20.8 Å². The molecule has 20 heavy (non-hydrogen) atoms. The summed E-state index contributed by atoms with van der Waals surface area (Å²) < 4.78 is 5.40. The number of rotatable bonds is 6. The molecule has 1 aromatic carbocycles. The van der Waals surface area contributed by atoms with Crippen molar-refractivity contribution in [3.63, 3.8) is 0 Å². The van der Waals surface area contributed by atoms with Crippen LogP contribution in [0, 0.1) is 6.92 Å². The van der Waals surface area contributed by atoms with E-state index in [2.05, 4.69) is 5.32 Å². The number of carbonyl (C=O) groups is 1. The first kappa shape index (κ1) is 16.5. The highest BCUT2D eigenvalue weighted by Gasteiger charge is 2.12. The van der Waals surface area contributed by atoms with Crippen LogP contribution in [0.3, 0.4) is 0 Å². The van der Waals surface area contributed by atoms with Crippen LogP contribution in [0.25, 0.3) is 0 Å². The Morgan fingerprint density at radius 3 is 2.55 bits per heavy atom. The Bertz CT molecular complexity index is 469. The molecule has 0 bridgehead atoms. The van der Waals surface area contributed by atoms with Crippen LogP contribution in [0.1, 0.15) is 51.2 Å². The van der Waals surface area contributed by atoms with Gasteiger partial charge in [0.15, 0.2) is 0 Å². The van der Waals surface area contributed by atoms with Crippen LogP contribution in [-0.4, -0.2) is 23.7 Å². The van der Waals surface area contributed by atoms with Crippen molar-refractivity contribution in [1.82, 2.24) is 0 Å². The van der Waals surface area contributed by atoms with Gasteiger partial charge < -0.3 is 15.2 Å². The lowest BCUT2D eigenvalue weighted by molar-refractivity contribution is -0.122. The zero-order valence-electron chi connectivity index (χ0n) is 13.0. The van der Waals surface area contributed by atoms with E-state index in [9.17, 15) is 9.90 Å². The van der Waals surface area contributed by atoms with E-state index < -0.39 is 0 Å². The Morgan fingerprint density at radius 1 is 1.35 bits per heavy atom. The second kappa shape index (κ2) is 7.29. The number of aromatic hydroxyl groups is 1. The third kappa shape index (κ3) is 4.53. The number of anilines is 1. The molecule has 4 nitrogen and oxygen atoms in total. The van der Waals surface area contributed by atoms with E-state index in [1.165, 1.54) is 0 Å². The van der Waals surface area contributed by atoms with Crippen molar-refractivity contribution in [3.8, 4) is 5.75 Å². The quantitative estimate of drug-likeness (QED) is 0.782. The van der Waals surface area contributed by atoms with Crippen molar-refractivity contribution in [3.05, 3.63) is 23.3 Å². The van der Waals surface area contributed by atoms with Crippen LogP contribution in [0.2, 0.25) is 0 Å². The first-order chi connectivity index (χ1) is 9.35. The highest BCUT2D eigenvalue weighted by atomic mass is 16.5. The van der Waals surface area contributed by atoms with Crippen LogP contribution in [0.4, 0.5) is 5.69 Å². The summed E-state index contributed by atoms with van der Waals surface area (Å²) >= 11 is 0. The average molecular weight is 279 g/mol. The Labute approximate surface area is 121 Å². The van der Waals surface area contributed by atoms with Crippen LogP contribution >= 0.6 is 0 Å². The average Bonchev–Trinajstić information content (AvgIpc) is 2.38. The second-order valence-electron chi connectivity index (χ2n) is 5.46. The summed E-state index contributed by atoms with van der Waals surface area (Å²) in [5, 5.41) is 12.7. The molecule has 0 radical (unpaired) electrons. The topological polar surface area (TPSA) is 58.6 Å². The van der Waals surface area contributed by atoms with Gasteiger partial charge >= 0.3 is 0 Å². The Morgan fingerprint density at radius 2 is 2.00 bits per heavy atom. The lowest BCUT2D eigenvalue weighted by Gasteiger charge is -2.15. The zero-order valence-corrected chi connectivity index (χ0v) is 13.0. The highest BCUT2D eigenvalue weighted by Crippen LogP contribution is 2.31. The van der Waals surface area contributed by atoms with Crippen molar-refractivity contribution in [2.24, 2.45) is 0 Å². The summed E-state index contributed by atoms with van der Waals surface area (Å²) in [6.07, 6.45) is 0.955. The van der Waals surface area contributed by atoms with E-state index >= 15 is 0 Å². The first-order valence-electron chi connectivity index (χ1n) is 7.10. The lowest BCUT2D eigenvalue weighted by atomic mass is 9.99. The van der Waals surface area contributed by atoms with Gasteiger partial charge in [-0.15, -0.1) is 0 Å². The van der Waals surface area contributed by atoms with Crippen LogP contribution in [0.15, 0.2) is 12.1 Å². The maximum absolute atomic E-state index is 11.9. The molecular formula is C16H25NO3. The largest absolute Gasteiger partial charge is 0.508 e. The summed E-state index contributed by atoms with van der Waals surface area (Å²) in [7, 11) is 0. The third-order valence-corrected chi connectivity index (χ3v) is 3.34. The number of nitrogens with one attached hydrogen (secondary N) is 1. The molecule has 0 aliphatic carbocycles. The van der Waals surface area contributed by atoms with Crippen molar-refractivity contribution < 1.29 is 14.6 Å². The van der Waals surface area contributed by atoms with E-state index in [4.69, 9.17) is 4.74 Å². The monoisotopic (exact) mass is 279 g/mol. The van der Waals surface area contributed by atoms with Gasteiger partial charge in [0.2, 0.25) is 5.91 Å². The van der Waals surface area contributed by atoms with E-state index in [1.807, 2.05) is 40.7 Å². The SMILES string of the molecule is CC[C@@H](C)OCC(=O)Nc1cc(C(C)C)c(O)cc1C. The van der Waals surface area contributed by atoms with E-state index in [-0.39, 0.29) is 30.3 Å². The smallest absolute Gasteiger partial charge is 0.250 e. The minimum absolute atomic E-state index is 0.0480. The first-order valence-corrected chi connectivity index (χ1v) is 7.10. The molecule has 112 valence electrons. The standard InChI is InChI=1S/C16H25NO3/c1-6-12(5)20-9-16(19)17-14-8-13(10(2)3)15(18)7-11(14)4/h7-8,10,12,18H,6,9H2,1-5H3,(H,17,19)/t12-/m1/s1. The second-order valence-corrected chi connectivity index (χ2v) is 5.46. The Balaban J connectivity index is 2.77. The molecule has 0 unspecified atom stereocenters. The number of phenolic OH excluding ortho intramolecular Hbond substituents is 1. The minimum Gasteiger partial charge on any atom is -0.508 e. The molecule has 2 N–H and O–H groups in total. The lowest BCUT2D eigenvalue weighted by Crippen LogP contribution is -2.22. The third-order valence-electron chi connectivity index (χ3n) is 3.34. The number of hydrogen-bond acceptors (Lipinski definition) is 3. The predicted octanol–water partition coefficient (Wildman–Crippen LogP) is 3.58. The maximum atomic E-state index is 11.9. The molecule has 0 heterocycles. The molecule has 0 spiro atoms. The van der Waals surface area contributed by atoms with Gasteiger partial charge in [-0.3, -0.25) is 4.79 Å². The van der Waals surface area contributed by atoms with Gasteiger partial charge in [-0.2, -0.15) is 0 Å². The number of aryl methyl sites for hydroxylation is 1. The fourth-order valence-electron chi connectivity index (χ4n) is 1.83. The van der Waals surface area contributed by atoms with Gasteiger partial charge in [-0.25, -0.2) is 0 Å². The Kier molecular flexibility index (Phi) is 6.02. The van der Waals surface area contributed by atoms with Gasteiger partial charge in [0.1, 0.15) is 12.4 Å². The molecule has 4 heteroatoms. The van der Waals surface area contributed by atoms with Gasteiger partial charge in [0, 0.05) is 5.69 Å². The summed E-state index contributed by atoms with van der Waals surface area (Å²) in [6.45, 7) is 9.86. The summed E-state index contributed by atoms with van der Waals surface area (Å²) in [6, 6.07) is 3.51. The maximum Gasteiger partial charge on any atom is 0.250 e. The molecule has 0 aliphatic rings. The van der Waals surface area contributed by atoms with E-state index in [1.54, 1.807) is 6.07 Å². The molecule has 1 aromatic rings. The summed E-state index contributed by atoms with van der Waals surface area (Å²) in [5.41, 5.74) is 2.39. The highest BCUT2D eigenvalue weighted by molar-refractivity contribution is 5.92. The van der Waals surface area contributed by atoms with Crippen molar-refractivity contribution in [2.45, 2.75) is 53.1 Å². The molecular weight excluding hydrogens is 254 g/mol. The van der Waals surface area contributed by atoms with E-state index in [0.717, 1.165) is 23.2 Å². The minimum atomic E-state index is -0.172. The molecule has 1 rings (SSSR count). The number of hydrogen-bond donors (Lipinski definition) is 2. The van der Waals surface area contributed by atoms with E-state index in [0.29, 0.717) is 0 Å². The molecule has 1 atom stereocenters. The predicted molar refractivity (Wildman–Crippen MR) is 81.3 cm³/mol. The molecule has 0 aromatic heterocycles. The molecule has 0 aliphatic heterocycles. The van der Waals surface area contributed by atoms with Crippen molar-refractivity contribution in [1.29, 1.82) is 0 Å². The molecule has 0 saturated heterocycles. The molecule has 1 amide bonds. The molecule has 0 fully saturated rings. The Hall–Kier alpha value is -1.55. The normalized spacial score (nSPS) is 12.5. The fourth-order valence-corrected chi connectivity index (χ4v) is 1.83.